The molecule has 4 nitrogen and oxygen atoms in total. The molecule has 1 heterocycles. The molecule has 0 aliphatic carbocycles. The van der Waals surface area contributed by atoms with Crippen LogP contribution in [0.25, 0.3) is 0 Å². The Bertz CT molecular complexity index is 323. The zero-order valence-electron chi connectivity index (χ0n) is 5.00. The minimum absolute atomic E-state index is 0.0810. The maximum Gasteiger partial charge on any atom is 0.274 e. The Kier molecular flexibility index (Phi) is 1.78. The number of H-pyrrole nitrogens is 1. The molecule has 1 aromatic rings. The number of aromatic amines is 1. The third kappa shape index (κ3) is 1.18. The van der Waals surface area contributed by atoms with Crippen molar-refractivity contribution in [3.8, 4) is 0 Å². The van der Waals surface area contributed by atoms with Gasteiger partial charge in [-0.15, -0.1) is 0 Å². The highest BCUT2D eigenvalue weighted by Crippen LogP contribution is 1.97. The van der Waals surface area contributed by atoms with Crippen molar-refractivity contribution in [1.29, 1.82) is 0 Å². The standard InChI is InChI=1S/C6H4N2O2/c9-4-8-5-2-1-3-7-6(5)10/h1-3H,(H,7,10). The first-order valence-corrected chi connectivity index (χ1v) is 2.60. The number of hydrogen-bond acceptors (Lipinski definition) is 3. The van der Waals surface area contributed by atoms with E-state index in [-0.39, 0.29) is 11.2 Å². The average Bonchev–Trinajstić information content (AvgIpc) is 1.94. The highest BCUT2D eigenvalue weighted by Gasteiger charge is 1.90. The van der Waals surface area contributed by atoms with E-state index < -0.39 is 0 Å². The van der Waals surface area contributed by atoms with Gasteiger partial charge >= 0.3 is 0 Å². The zero-order chi connectivity index (χ0) is 7.40. The number of rotatable bonds is 1. The van der Waals surface area contributed by atoms with Gasteiger partial charge in [-0.2, -0.15) is 4.99 Å². The highest BCUT2D eigenvalue weighted by molar-refractivity contribution is 5.46. The second-order valence-electron chi connectivity index (χ2n) is 1.59. The third-order valence-corrected chi connectivity index (χ3v) is 0.963. The minimum Gasteiger partial charge on any atom is -0.327 e. The Morgan fingerprint density at radius 3 is 3.00 bits per heavy atom. The summed E-state index contributed by atoms with van der Waals surface area (Å²) in [5.41, 5.74) is -0.302. The Hall–Kier alpha value is -1.67. The summed E-state index contributed by atoms with van der Waals surface area (Å²) in [6.45, 7) is 0. The lowest BCUT2D eigenvalue weighted by molar-refractivity contribution is 0.565. The second kappa shape index (κ2) is 2.75. The van der Waals surface area contributed by atoms with E-state index in [0.717, 1.165) is 0 Å². The molecule has 1 rings (SSSR count). The number of aromatic nitrogens is 1. The SMILES string of the molecule is O=C=Nc1ccc[nH]c1=O. The molecule has 0 fully saturated rings. The third-order valence-electron chi connectivity index (χ3n) is 0.963. The molecular weight excluding hydrogens is 132 g/mol. The second-order valence-corrected chi connectivity index (χ2v) is 1.59. The van der Waals surface area contributed by atoms with Gasteiger partial charge in [-0.05, 0) is 12.1 Å². The fourth-order valence-electron chi connectivity index (χ4n) is 0.550. The Morgan fingerprint density at radius 2 is 2.40 bits per heavy atom. The van der Waals surface area contributed by atoms with Crippen LogP contribution in [-0.4, -0.2) is 11.1 Å². The molecule has 50 valence electrons. The lowest BCUT2D eigenvalue weighted by Crippen LogP contribution is -2.01. The molecule has 1 aromatic heterocycles. The molecule has 10 heavy (non-hydrogen) atoms. The normalized spacial score (nSPS) is 8.40. The zero-order valence-corrected chi connectivity index (χ0v) is 5.00. The van der Waals surface area contributed by atoms with Crippen LogP contribution in [0.15, 0.2) is 28.1 Å². The molecule has 0 aliphatic heterocycles. The summed E-state index contributed by atoms with van der Waals surface area (Å²) in [6, 6.07) is 3.02. The first kappa shape index (κ1) is 6.45. The van der Waals surface area contributed by atoms with E-state index in [0.29, 0.717) is 0 Å². The predicted octanol–water partition coefficient (Wildman–Crippen LogP) is 0.342. The van der Waals surface area contributed by atoms with Gasteiger partial charge in [0.05, 0.1) is 0 Å². The molecule has 1 N–H and O–H groups in total. The summed E-state index contributed by atoms with van der Waals surface area (Å²) in [5, 5.41) is 0. The topological polar surface area (TPSA) is 62.3 Å². The van der Waals surface area contributed by atoms with Crippen LogP contribution < -0.4 is 5.56 Å². The van der Waals surface area contributed by atoms with Gasteiger partial charge in [-0.3, -0.25) is 4.79 Å². The van der Waals surface area contributed by atoms with E-state index in [9.17, 15) is 9.59 Å². The van der Waals surface area contributed by atoms with Gasteiger partial charge in [0.2, 0.25) is 6.08 Å². The van der Waals surface area contributed by atoms with E-state index in [1.165, 1.54) is 18.3 Å². The van der Waals surface area contributed by atoms with E-state index >= 15 is 0 Å². The van der Waals surface area contributed by atoms with E-state index in [4.69, 9.17) is 0 Å². The number of hydrogen-bond donors (Lipinski definition) is 1. The van der Waals surface area contributed by atoms with E-state index in [2.05, 4.69) is 9.98 Å². The molecule has 0 spiro atoms. The smallest absolute Gasteiger partial charge is 0.274 e. The number of nitrogens with one attached hydrogen (secondary N) is 1. The first-order chi connectivity index (χ1) is 4.84. The minimum atomic E-state index is -0.383. The molecule has 0 atom stereocenters. The number of carbonyl (C=O) groups excluding carboxylic acids is 1. The van der Waals surface area contributed by atoms with Gasteiger partial charge in [-0.1, -0.05) is 0 Å². The van der Waals surface area contributed by atoms with Crippen LogP contribution in [0.5, 0.6) is 0 Å². The number of aliphatic imine (C=N–C) groups is 1. The molecule has 0 amide bonds. The van der Waals surface area contributed by atoms with Crippen molar-refractivity contribution in [3.63, 3.8) is 0 Å². The average molecular weight is 136 g/mol. The fraction of sp³-hybridized carbons (Fsp3) is 0. The Labute approximate surface area is 56.2 Å². The lowest BCUT2D eigenvalue weighted by atomic mass is 10.4. The van der Waals surface area contributed by atoms with Gasteiger partial charge < -0.3 is 4.98 Å². The van der Waals surface area contributed by atoms with Crippen LogP contribution in [-0.2, 0) is 4.79 Å². The van der Waals surface area contributed by atoms with Crippen molar-refractivity contribution in [1.82, 2.24) is 4.98 Å². The molecule has 0 radical (unpaired) electrons. The van der Waals surface area contributed by atoms with E-state index in [1.807, 2.05) is 0 Å². The van der Waals surface area contributed by atoms with Crippen LogP contribution >= 0.6 is 0 Å². The molecule has 0 bridgehead atoms. The van der Waals surface area contributed by atoms with Gasteiger partial charge in [0, 0.05) is 6.20 Å². The molecule has 4 heteroatoms. The van der Waals surface area contributed by atoms with Gasteiger partial charge in [-0.25, -0.2) is 4.79 Å². The maximum absolute atomic E-state index is 10.7. The summed E-state index contributed by atoms with van der Waals surface area (Å²) >= 11 is 0. The Morgan fingerprint density at radius 1 is 1.60 bits per heavy atom. The van der Waals surface area contributed by atoms with Crippen LogP contribution in [0.1, 0.15) is 0 Å². The van der Waals surface area contributed by atoms with Crippen molar-refractivity contribution in [3.05, 3.63) is 28.7 Å². The molecule has 0 aromatic carbocycles. The maximum atomic E-state index is 10.7. The number of isocyanates is 1. The Balaban J connectivity index is 3.28. The van der Waals surface area contributed by atoms with Crippen LogP contribution in [0, 0.1) is 0 Å². The van der Waals surface area contributed by atoms with Crippen molar-refractivity contribution in [2.75, 3.05) is 0 Å². The molecule has 0 saturated heterocycles. The van der Waals surface area contributed by atoms with Crippen molar-refractivity contribution in [2.24, 2.45) is 4.99 Å². The quantitative estimate of drug-likeness (QED) is 0.447. The summed E-state index contributed by atoms with van der Waals surface area (Å²) in [6.07, 6.45) is 2.74. The molecule has 0 aliphatic rings. The van der Waals surface area contributed by atoms with Crippen LogP contribution in [0.4, 0.5) is 5.69 Å². The summed E-state index contributed by atoms with van der Waals surface area (Å²) in [4.78, 5) is 25.9. The highest BCUT2D eigenvalue weighted by atomic mass is 16.1. The van der Waals surface area contributed by atoms with Crippen LogP contribution in [0.3, 0.4) is 0 Å². The van der Waals surface area contributed by atoms with Crippen molar-refractivity contribution < 1.29 is 4.79 Å². The monoisotopic (exact) mass is 136 g/mol. The number of pyridine rings is 1. The van der Waals surface area contributed by atoms with Crippen LogP contribution in [0.2, 0.25) is 0 Å². The van der Waals surface area contributed by atoms with Gasteiger partial charge in [0.15, 0.2) is 0 Å². The van der Waals surface area contributed by atoms with Gasteiger partial charge in [0.1, 0.15) is 5.69 Å². The summed E-state index contributed by atoms with van der Waals surface area (Å²) in [5.74, 6) is 0. The van der Waals surface area contributed by atoms with Gasteiger partial charge in [0.25, 0.3) is 5.56 Å². The van der Waals surface area contributed by atoms with Crippen molar-refractivity contribution in [2.45, 2.75) is 0 Å². The largest absolute Gasteiger partial charge is 0.327 e. The summed E-state index contributed by atoms with van der Waals surface area (Å²) in [7, 11) is 0. The number of nitrogens with zero attached hydrogens (tertiary/aromatic N) is 1. The lowest BCUT2D eigenvalue weighted by Gasteiger charge is -1.83. The predicted molar refractivity (Wildman–Crippen MR) is 34.8 cm³/mol. The molecular formula is C6H4N2O2. The molecule has 0 saturated carbocycles. The first-order valence-electron chi connectivity index (χ1n) is 2.60. The van der Waals surface area contributed by atoms with Crippen molar-refractivity contribution >= 4 is 11.8 Å². The molecule has 0 unspecified atom stereocenters. The summed E-state index contributed by atoms with van der Waals surface area (Å²) < 4.78 is 0. The fourth-order valence-corrected chi connectivity index (χ4v) is 0.550. The van der Waals surface area contributed by atoms with E-state index in [1.54, 1.807) is 6.07 Å².